The number of epoxide rings is 2. The van der Waals surface area contributed by atoms with E-state index in [1.54, 1.807) is 21.3 Å². The molecule has 2 fully saturated rings. The van der Waals surface area contributed by atoms with Crippen LogP contribution in [0.2, 0.25) is 0 Å². The molecular formula is C24H46O11. The fraction of sp³-hybridized carbons (Fsp3) is 1.00. The lowest BCUT2D eigenvalue weighted by Crippen LogP contribution is -2.53. The van der Waals surface area contributed by atoms with Gasteiger partial charge in [-0.1, -0.05) is 0 Å². The average Bonchev–Trinajstić information content (AvgIpc) is 3.78. The zero-order valence-corrected chi connectivity index (χ0v) is 22.1. The van der Waals surface area contributed by atoms with Crippen molar-refractivity contribution in [3.05, 3.63) is 0 Å². The van der Waals surface area contributed by atoms with Crippen molar-refractivity contribution in [2.75, 3.05) is 80.8 Å². The molecule has 0 aromatic heterocycles. The molecule has 1 N–H and O–H groups in total. The zero-order chi connectivity index (χ0) is 25.6. The average molecular weight is 511 g/mol. The quantitative estimate of drug-likeness (QED) is 0.193. The summed E-state index contributed by atoms with van der Waals surface area (Å²) >= 11 is 0. The molecular weight excluding hydrogens is 464 g/mol. The maximum Gasteiger partial charge on any atom is 0.115 e. The third kappa shape index (κ3) is 13.1. The molecule has 2 aliphatic rings. The molecule has 2 heterocycles. The van der Waals surface area contributed by atoms with Crippen molar-refractivity contribution in [1.82, 2.24) is 0 Å². The van der Waals surface area contributed by atoms with Gasteiger partial charge in [0.1, 0.15) is 36.6 Å². The second-order valence-corrected chi connectivity index (χ2v) is 9.16. The third-order valence-electron chi connectivity index (χ3n) is 5.85. The molecule has 2 rings (SSSR count). The van der Waals surface area contributed by atoms with Crippen LogP contribution in [0.1, 0.15) is 20.8 Å². The van der Waals surface area contributed by atoms with Crippen molar-refractivity contribution >= 4 is 0 Å². The highest BCUT2D eigenvalue weighted by Gasteiger charge is 2.39. The van der Waals surface area contributed by atoms with Crippen LogP contribution in [0.4, 0.5) is 0 Å². The molecule has 0 bridgehead atoms. The van der Waals surface area contributed by atoms with Gasteiger partial charge >= 0.3 is 0 Å². The predicted molar refractivity (Wildman–Crippen MR) is 126 cm³/mol. The van der Waals surface area contributed by atoms with E-state index >= 15 is 0 Å². The molecule has 0 saturated carbocycles. The van der Waals surface area contributed by atoms with Crippen LogP contribution in [-0.2, 0) is 47.4 Å². The Morgan fingerprint density at radius 1 is 0.657 bits per heavy atom. The predicted octanol–water partition coefficient (Wildman–Crippen LogP) is 0.438. The van der Waals surface area contributed by atoms with Gasteiger partial charge in [-0.15, -0.1) is 0 Å². The fourth-order valence-electron chi connectivity index (χ4n) is 3.10. The Balaban J connectivity index is 2.15. The summed E-state index contributed by atoms with van der Waals surface area (Å²) in [4.78, 5) is 0. The fourth-order valence-corrected chi connectivity index (χ4v) is 3.10. The van der Waals surface area contributed by atoms with E-state index in [4.69, 9.17) is 47.4 Å². The Morgan fingerprint density at radius 2 is 1.17 bits per heavy atom. The monoisotopic (exact) mass is 510 g/mol. The number of methoxy groups -OCH3 is 3. The second kappa shape index (κ2) is 17.1. The number of aliphatic hydroxyl groups is 1. The van der Waals surface area contributed by atoms with E-state index in [0.717, 1.165) is 0 Å². The highest BCUT2D eigenvalue weighted by atomic mass is 16.6. The molecule has 208 valence electrons. The summed E-state index contributed by atoms with van der Waals surface area (Å²) in [5, 5.41) is 11.2. The van der Waals surface area contributed by atoms with Gasteiger partial charge in [0.25, 0.3) is 0 Å². The van der Waals surface area contributed by atoms with E-state index in [9.17, 15) is 5.11 Å². The van der Waals surface area contributed by atoms with Crippen molar-refractivity contribution in [2.45, 2.75) is 75.7 Å². The van der Waals surface area contributed by atoms with Gasteiger partial charge in [0.15, 0.2) is 0 Å². The van der Waals surface area contributed by atoms with Crippen LogP contribution in [0.3, 0.4) is 0 Å². The van der Waals surface area contributed by atoms with Crippen LogP contribution in [-0.4, -0.2) is 141 Å². The first-order chi connectivity index (χ1) is 16.9. The van der Waals surface area contributed by atoms with Crippen molar-refractivity contribution in [3.8, 4) is 0 Å². The summed E-state index contributed by atoms with van der Waals surface area (Å²) in [6, 6.07) is 0. The molecule has 0 spiro atoms. The van der Waals surface area contributed by atoms with Gasteiger partial charge < -0.3 is 52.5 Å². The topological polar surface area (TPSA) is 119 Å². The first kappa shape index (κ1) is 30.8. The molecule has 9 atom stereocenters. The Kier molecular flexibility index (Phi) is 15.1. The van der Waals surface area contributed by atoms with Gasteiger partial charge in [-0.2, -0.15) is 0 Å². The van der Waals surface area contributed by atoms with E-state index in [-0.39, 0.29) is 56.9 Å². The Hall–Kier alpha value is -0.440. The van der Waals surface area contributed by atoms with Crippen LogP contribution in [0.25, 0.3) is 0 Å². The molecule has 9 unspecified atom stereocenters. The SMILES string of the molecule is COC(C)COCC(O)C(OCC(C)OC)C(OCC(C)OC)C(COCC1CO1)OCC1CO1. The highest BCUT2D eigenvalue weighted by molar-refractivity contribution is 4.87. The standard InChI is InChI=1S/C24H46O11/c1-16(26-4)7-29-14-21(25)23(34-8-17(2)27-5)24(35-9-18(3)28-6)22(33-13-20-12-32-20)15-30-10-19-11-31-19/h16-25H,7-15H2,1-6H3. The molecule has 35 heavy (non-hydrogen) atoms. The van der Waals surface area contributed by atoms with Crippen LogP contribution in [0.15, 0.2) is 0 Å². The minimum Gasteiger partial charge on any atom is -0.388 e. The van der Waals surface area contributed by atoms with E-state index in [0.29, 0.717) is 33.0 Å². The zero-order valence-electron chi connectivity index (χ0n) is 22.1. The van der Waals surface area contributed by atoms with Gasteiger partial charge in [-0.25, -0.2) is 0 Å². The first-order valence-electron chi connectivity index (χ1n) is 12.4. The lowest BCUT2D eigenvalue weighted by molar-refractivity contribution is -0.201. The summed E-state index contributed by atoms with van der Waals surface area (Å²) < 4.78 is 56.7. The number of hydrogen-bond donors (Lipinski definition) is 1. The summed E-state index contributed by atoms with van der Waals surface area (Å²) in [5.74, 6) is 0. The number of ether oxygens (including phenoxy) is 10. The normalized spacial score (nSPS) is 25.5. The van der Waals surface area contributed by atoms with E-state index in [2.05, 4.69) is 0 Å². The molecule has 11 heteroatoms. The Bertz CT molecular complexity index is 532. The number of hydrogen-bond acceptors (Lipinski definition) is 11. The molecule has 2 saturated heterocycles. The lowest BCUT2D eigenvalue weighted by Gasteiger charge is -2.36. The van der Waals surface area contributed by atoms with Crippen LogP contribution in [0.5, 0.6) is 0 Å². The molecule has 0 radical (unpaired) electrons. The third-order valence-corrected chi connectivity index (χ3v) is 5.85. The van der Waals surface area contributed by atoms with Gasteiger partial charge in [0, 0.05) is 21.3 Å². The summed E-state index contributed by atoms with van der Waals surface area (Å²) in [6.45, 7) is 9.05. The van der Waals surface area contributed by atoms with E-state index < -0.39 is 24.4 Å². The smallest absolute Gasteiger partial charge is 0.115 e. The maximum atomic E-state index is 11.2. The number of aliphatic hydroxyl groups excluding tert-OH is 1. The molecule has 2 aliphatic heterocycles. The van der Waals surface area contributed by atoms with Crippen LogP contribution >= 0.6 is 0 Å². The van der Waals surface area contributed by atoms with Gasteiger partial charge in [-0.05, 0) is 20.8 Å². The van der Waals surface area contributed by atoms with Gasteiger partial charge in [0.05, 0.1) is 77.8 Å². The van der Waals surface area contributed by atoms with Crippen molar-refractivity contribution in [3.63, 3.8) is 0 Å². The largest absolute Gasteiger partial charge is 0.388 e. The molecule has 0 aromatic carbocycles. The molecule has 0 amide bonds. The van der Waals surface area contributed by atoms with E-state index in [1.165, 1.54) is 0 Å². The summed E-state index contributed by atoms with van der Waals surface area (Å²) in [5.41, 5.74) is 0. The van der Waals surface area contributed by atoms with Gasteiger partial charge in [0.2, 0.25) is 0 Å². The summed E-state index contributed by atoms with van der Waals surface area (Å²) in [7, 11) is 4.84. The van der Waals surface area contributed by atoms with Crippen molar-refractivity contribution < 1.29 is 52.5 Å². The van der Waals surface area contributed by atoms with Crippen LogP contribution in [0, 0.1) is 0 Å². The second-order valence-electron chi connectivity index (χ2n) is 9.16. The minimum atomic E-state index is -0.999. The summed E-state index contributed by atoms with van der Waals surface area (Å²) in [6.07, 6.45) is -3.25. The minimum absolute atomic E-state index is 0.0364. The Labute approximate surface area is 209 Å². The van der Waals surface area contributed by atoms with Crippen LogP contribution < -0.4 is 0 Å². The van der Waals surface area contributed by atoms with Gasteiger partial charge in [-0.3, -0.25) is 0 Å². The lowest BCUT2D eigenvalue weighted by atomic mass is 10.0. The molecule has 11 nitrogen and oxygen atoms in total. The van der Waals surface area contributed by atoms with Crippen molar-refractivity contribution in [2.24, 2.45) is 0 Å². The Morgan fingerprint density at radius 3 is 1.71 bits per heavy atom. The maximum absolute atomic E-state index is 11.2. The van der Waals surface area contributed by atoms with Crippen molar-refractivity contribution in [1.29, 1.82) is 0 Å². The first-order valence-corrected chi connectivity index (χ1v) is 12.4. The molecule has 0 aromatic rings. The van der Waals surface area contributed by atoms with E-state index in [1.807, 2.05) is 20.8 Å². The molecule has 0 aliphatic carbocycles. The highest BCUT2D eigenvalue weighted by Crippen LogP contribution is 2.21. The number of rotatable bonds is 23.